The third-order valence-corrected chi connectivity index (χ3v) is 4.20. The second-order valence-electron chi connectivity index (χ2n) is 7.30. The molecule has 1 aliphatic heterocycles. The Labute approximate surface area is 147 Å². The Morgan fingerprint density at radius 2 is 2.16 bits per heavy atom. The van der Waals surface area contributed by atoms with Crippen LogP contribution in [0.25, 0.3) is 10.9 Å². The summed E-state index contributed by atoms with van der Waals surface area (Å²) >= 11 is 0. The molecular weight excluding hydrogens is 318 g/mol. The van der Waals surface area contributed by atoms with E-state index in [1.54, 1.807) is 11.1 Å². The van der Waals surface area contributed by atoms with Crippen LogP contribution in [0, 0.1) is 0 Å². The van der Waals surface area contributed by atoms with Crippen molar-refractivity contribution in [1.29, 1.82) is 0 Å². The van der Waals surface area contributed by atoms with Crippen LogP contribution < -0.4 is 5.73 Å². The van der Waals surface area contributed by atoms with Crippen LogP contribution in [-0.2, 0) is 9.47 Å². The second-order valence-corrected chi connectivity index (χ2v) is 7.30. The van der Waals surface area contributed by atoms with Gasteiger partial charge >= 0.3 is 6.09 Å². The number of hydrogen-bond acceptors (Lipinski definition) is 5. The molecule has 1 amide bonds. The fourth-order valence-corrected chi connectivity index (χ4v) is 2.96. The summed E-state index contributed by atoms with van der Waals surface area (Å²) in [6.45, 7) is 6.90. The SMILES string of the molecule is CC(C)(C)OC(=O)N1CCOCC1C(N)c1cnc2ccccc2c1. The van der Waals surface area contributed by atoms with E-state index in [1.165, 1.54) is 0 Å². The predicted molar refractivity (Wildman–Crippen MR) is 96.2 cm³/mol. The van der Waals surface area contributed by atoms with Gasteiger partial charge in [-0.25, -0.2) is 4.79 Å². The fourth-order valence-electron chi connectivity index (χ4n) is 2.96. The molecular formula is C19H25N3O3. The maximum absolute atomic E-state index is 12.5. The number of rotatable bonds is 2. The van der Waals surface area contributed by atoms with Gasteiger partial charge in [0.2, 0.25) is 0 Å². The van der Waals surface area contributed by atoms with E-state index in [1.807, 2.05) is 51.1 Å². The average molecular weight is 343 g/mol. The van der Waals surface area contributed by atoms with Crippen LogP contribution >= 0.6 is 0 Å². The van der Waals surface area contributed by atoms with Crippen LogP contribution in [0.3, 0.4) is 0 Å². The van der Waals surface area contributed by atoms with Gasteiger partial charge in [0.15, 0.2) is 0 Å². The van der Waals surface area contributed by atoms with Crippen molar-refractivity contribution in [3.8, 4) is 0 Å². The fraction of sp³-hybridized carbons (Fsp3) is 0.474. The molecule has 1 aromatic carbocycles. The van der Waals surface area contributed by atoms with E-state index in [9.17, 15) is 4.79 Å². The molecule has 0 saturated carbocycles. The van der Waals surface area contributed by atoms with Crippen LogP contribution in [0.4, 0.5) is 4.79 Å². The summed E-state index contributed by atoms with van der Waals surface area (Å²) in [6.07, 6.45) is 1.42. The Balaban J connectivity index is 1.84. The van der Waals surface area contributed by atoms with Crippen molar-refractivity contribution in [3.05, 3.63) is 42.1 Å². The zero-order chi connectivity index (χ0) is 18.0. The van der Waals surface area contributed by atoms with Crippen molar-refractivity contribution in [2.45, 2.75) is 38.5 Å². The van der Waals surface area contributed by atoms with Gasteiger partial charge in [0, 0.05) is 18.1 Å². The van der Waals surface area contributed by atoms with Crippen molar-refractivity contribution < 1.29 is 14.3 Å². The molecule has 6 heteroatoms. The number of nitrogens with two attached hydrogens (primary N) is 1. The highest BCUT2D eigenvalue weighted by molar-refractivity contribution is 5.79. The van der Waals surface area contributed by atoms with Crippen LogP contribution in [-0.4, -0.2) is 47.4 Å². The van der Waals surface area contributed by atoms with Crippen LogP contribution in [0.2, 0.25) is 0 Å². The summed E-state index contributed by atoms with van der Waals surface area (Å²) in [5, 5.41) is 1.02. The van der Waals surface area contributed by atoms with Gasteiger partial charge in [0.05, 0.1) is 30.8 Å². The molecule has 1 aliphatic rings. The van der Waals surface area contributed by atoms with Crippen molar-refractivity contribution in [2.24, 2.45) is 5.73 Å². The van der Waals surface area contributed by atoms with Gasteiger partial charge in [0.25, 0.3) is 0 Å². The molecule has 1 saturated heterocycles. The molecule has 2 aromatic rings. The molecule has 2 heterocycles. The van der Waals surface area contributed by atoms with E-state index < -0.39 is 11.6 Å². The molecule has 0 spiro atoms. The molecule has 1 fully saturated rings. The highest BCUT2D eigenvalue weighted by Gasteiger charge is 2.35. The van der Waals surface area contributed by atoms with Crippen molar-refractivity contribution >= 4 is 17.0 Å². The summed E-state index contributed by atoms with van der Waals surface area (Å²) < 4.78 is 11.1. The van der Waals surface area contributed by atoms with Crippen LogP contribution in [0.1, 0.15) is 32.4 Å². The number of nitrogens with zero attached hydrogens (tertiary/aromatic N) is 2. The first kappa shape index (κ1) is 17.6. The number of fused-ring (bicyclic) bond motifs is 1. The maximum atomic E-state index is 12.5. The summed E-state index contributed by atoms with van der Waals surface area (Å²) in [5.41, 5.74) is 7.73. The first-order valence-electron chi connectivity index (χ1n) is 8.53. The number of aromatic nitrogens is 1. The van der Waals surface area contributed by atoms with Crippen molar-refractivity contribution in [1.82, 2.24) is 9.88 Å². The molecule has 3 rings (SSSR count). The Morgan fingerprint density at radius 1 is 1.40 bits per heavy atom. The standard InChI is InChI=1S/C19H25N3O3/c1-19(2,3)25-18(23)22-8-9-24-12-16(22)17(20)14-10-13-6-4-5-7-15(13)21-11-14/h4-7,10-11,16-17H,8-9,12,20H2,1-3H3. The second kappa shape index (κ2) is 6.98. The highest BCUT2D eigenvalue weighted by Crippen LogP contribution is 2.25. The van der Waals surface area contributed by atoms with E-state index in [-0.39, 0.29) is 12.1 Å². The zero-order valence-electron chi connectivity index (χ0n) is 14.9. The van der Waals surface area contributed by atoms with E-state index in [0.717, 1.165) is 16.5 Å². The monoisotopic (exact) mass is 343 g/mol. The van der Waals surface area contributed by atoms with Gasteiger partial charge in [-0.1, -0.05) is 18.2 Å². The van der Waals surface area contributed by atoms with Crippen LogP contribution in [0.15, 0.2) is 36.5 Å². The van der Waals surface area contributed by atoms with E-state index in [4.69, 9.17) is 15.2 Å². The van der Waals surface area contributed by atoms with Gasteiger partial charge < -0.3 is 15.2 Å². The summed E-state index contributed by atoms with van der Waals surface area (Å²) in [6, 6.07) is 9.22. The Hall–Kier alpha value is -2.18. The van der Waals surface area contributed by atoms with Gasteiger partial charge in [-0.2, -0.15) is 0 Å². The number of ether oxygens (including phenoxy) is 2. The lowest BCUT2D eigenvalue weighted by atomic mass is 9.99. The third-order valence-electron chi connectivity index (χ3n) is 4.20. The van der Waals surface area contributed by atoms with Gasteiger partial charge in [-0.05, 0) is 38.5 Å². The topological polar surface area (TPSA) is 77.7 Å². The number of hydrogen-bond donors (Lipinski definition) is 1. The number of amides is 1. The minimum Gasteiger partial charge on any atom is -0.444 e. The Morgan fingerprint density at radius 3 is 2.92 bits per heavy atom. The lowest BCUT2D eigenvalue weighted by Gasteiger charge is -2.39. The van der Waals surface area contributed by atoms with Crippen molar-refractivity contribution in [2.75, 3.05) is 19.8 Å². The first-order valence-corrected chi connectivity index (χ1v) is 8.53. The summed E-state index contributed by atoms with van der Waals surface area (Å²) in [5.74, 6) is 0. The number of carbonyl (C=O) groups excluding carboxylic acids is 1. The molecule has 6 nitrogen and oxygen atoms in total. The lowest BCUT2D eigenvalue weighted by molar-refractivity contribution is -0.0382. The van der Waals surface area contributed by atoms with Gasteiger partial charge in [0.1, 0.15) is 5.60 Å². The molecule has 134 valence electrons. The Kier molecular flexibility index (Phi) is 4.92. The maximum Gasteiger partial charge on any atom is 0.410 e. The highest BCUT2D eigenvalue weighted by atomic mass is 16.6. The largest absolute Gasteiger partial charge is 0.444 e. The van der Waals surface area contributed by atoms with Crippen LogP contribution in [0.5, 0.6) is 0 Å². The molecule has 0 bridgehead atoms. The van der Waals surface area contributed by atoms with Gasteiger partial charge in [-0.15, -0.1) is 0 Å². The third kappa shape index (κ3) is 4.08. The molecule has 25 heavy (non-hydrogen) atoms. The summed E-state index contributed by atoms with van der Waals surface area (Å²) in [7, 11) is 0. The normalized spacial score (nSPS) is 19.7. The quantitative estimate of drug-likeness (QED) is 0.907. The zero-order valence-corrected chi connectivity index (χ0v) is 14.9. The minimum atomic E-state index is -0.547. The smallest absolute Gasteiger partial charge is 0.410 e. The number of morpholine rings is 1. The van der Waals surface area contributed by atoms with E-state index >= 15 is 0 Å². The molecule has 0 aliphatic carbocycles. The number of pyridine rings is 1. The predicted octanol–water partition coefficient (Wildman–Crippen LogP) is 2.87. The molecule has 2 unspecified atom stereocenters. The van der Waals surface area contributed by atoms with Gasteiger partial charge in [-0.3, -0.25) is 9.88 Å². The first-order chi connectivity index (χ1) is 11.8. The minimum absolute atomic E-state index is 0.286. The number of benzene rings is 1. The van der Waals surface area contributed by atoms with E-state index in [0.29, 0.717) is 19.8 Å². The van der Waals surface area contributed by atoms with Crippen molar-refractivity contribution in [3.63, 3.8) is 0 Å². The average Bonchev–Trinajstić information content (AvgIpc) is 2.59. The number of carbonyl (C=O) groups is 1. The van der Waals surface area contributed by atoms with E-state index in [2.05, 4.69) is 4.98 Å². The molecule has 1 aromatic heterocycles. The summed E-state index contributed by atoms with van der Waals surface area (Å²) in [4.78, 5) is 18.7. The lowest BCUT2D eigenvalue weighted by Crippen LogP contribution is -2.54. The molecule has 2 N–H and O–H groups in total. The Bertz CT molecular complexity index is 757. The molecule has 0 radical (unpaired) electrons. The number of para-hydroxylation sites is 1. The molecule has 2 atom stereocenters.